The third kappa shape index (κ3) is 7.95. The third-order valence-corrected chi connectivity index (χ3v) is 14.8. The van der Waals surface area contributed by atoms with Gasteiger partial charge in [0, 0.05) is 50.0 Å². The second kappa shape index (κ2) is 18.6. The van der Waals surface area contributed by atoms with Gasteiger partial charge in [-0.3, -0.25) is 0 Å². The van der Waals surface area contributed by atoms with Crippen LogP contribution in [0.1, 0.15) is 0 Å². The van der Waals surface area contributed by atoms with E-state index in [4.69, 9.17) is 0 Å². The standard InChI is InChI=1S/C72H49N3/c1-6-20-50(21-7-1)58-45-59(51-22-8-2-9-23-51)47-64(46-58)73(60-24-10-3-11-25-60)63-38-34-52(35-39-63)55-42-56(53-36-40-71-67(48-53)65-30-16-18-32-69(65)74(71)61-26-12-4-13-27-61)44-57(43-55)54-37-41-72-68(49-54)66-31-17-19-33-70(66)75(72)62-28-14-5-15-29-62/h1-49H. The predicted molar refractivity (Wildman–Crippen MR) is 317 cm³/mol. The fourth-order valence-electron chi connectivity index (χ4n) is 11.3. The minimum absolute atomic E-state index is 1.08. The fraction of sp³-hybridized carbons (Fsp3) is 0. The Morgan fingerprint density at radius 2 is 0.507 bits per heavy atom. The van der Waals surface area contributed by atoms with Crippen molar-refractivity contribution in [1.82, 2.24) is 9.13 Å². The van der Waals surface area contributed by atoms with Crippen molar-refractivity contribution < 1.29 is 0 Å². The Hall–Kier alpha value is -9.96. The quantitative estimate of drug-likeness (QED) is 0.133. The zero-order valence-corrected chi connectivity index (χ0v) is 41.1. The van der Waals surface area contributed by atoms with E-state index in [2.05, 4.69) is 311 Å². The van der Waals surface area contributed by atoms with E-state index in [-0.39, 0.29) is 0 Å². The number of rotatable bonds is 10. The molecule has 2 aromatic heterocycles. The highest BCUT2D eigenvalue weighted by atomic mass is 15.1. The summed E-state index contributed by atoms with van der Waals surface area (Å²) in [5, 5.41) is 4.93. The molecule has 0 saturated heterocycles. The average molecular weight is 956 g/mol. The Morgan fingerprint density at radius 1 is 0.187 bits per heavy atom. The molecule has 0 N–H and O–H groups in total. The van der Waals surface area contributed by atoms with Gasteiger partial charge in [-0.15, -0.1) is 0 Å². The Bertz CT molecular complexity index is 4130. The molecule has 0 bridgehead atoms. The number of nitrogens with zero attached hydrogens (tertiary/aromatic N) is 3. The van der Waals surface area contributed by atoms with E-state index in [0.29, 0.717) is 0 Å². The lowest BCUT2D eigenvalue weighted by atomic mass is 9.92. The van der Waals surface area contributed by atoms with Crippen molar-refractivity contribution in [2.24, 2.45) is 0 Å². The van der Waals surface area contributed by atoms with Gasteiger partial charge in [0.1, 0.15) is 0 Å². The Kier molecular flexibility index (Phi) is 10.8. The van der Waals surface area contributed by atoms with E-state index >= 15 is 0 Å². The minimum atomic E-state index is 1.08. The summed E-state index contributed by atoms with van der Waals surface area (Å²) in [6.45, 7) is 0. The summed E-state index contributed by atoms with van der Waals surface area (Å²) in [6, 6.07) is 108. The Morgan fingerprint density at radius 3 is 0.960 bits per heavy atom. The Labute approximate surface area is 436 Å². The van der Waals surface area contributed by atoms with Gasteiger partial charge in [-0.1, -0.05) is 176 Å². The van der Waals surface area contributed by atoms with Crippen LogP contribution in [0.5, 0.6) is 0 Å². The van der Waals surface area contributed by atoms with Gasteiger partial charge in [0.2, 0.25) is 0 Å². The first-order valence-electron chi connectivity index (χ1n) is 25.7. The van der Waals surface area contributed by atoms with Gasteiger partial charge in [-0.05, 0) is 177 Å². The molecule has 2 heterocycles. The highest BCUT2D eigenvalue weighted by Crippen LogP contribution is 2.43. The molecule has 0 aliphatic carbocycles. The lowest BCUT2D eigenvalue weighted by Gasteiger charge is -2.27. The molecule has 3 heteroatoms. The van der Waals surface area contributed by atoms with Crippen LogP contribution in [0.3, 0.4) is 0 Å². The normalized spacial score (nSPS) is 11.5. The molecule has 0 atom stereocenters. The molecule has 0 aliphatic heterocycles. The van der Waals surface area contributed by atoms with Crippen LogP contribution in [-0.4, -0.2) is 9.13 Å². The van der Waals surface area contributed by atoms with Gasteiger partial charge in [-0.25, -0.2) is 0 Å². The zero-order chi connectivity index (χ0) is 49.7. The van der Waals surface area contributed by atoms with Gasteiger partial charge in [0.05, 0.1) is 22.1 Å². The first-order chi connectivity index (χ1) is 37.2. The molecule has 0 aliphatic rings. The average Bonchev–Trinajstić information content (AvgIpc) is 4.03. The van der Waals surface area contributed by atoms with E-state index in [0.717, 1.165) is 50.7 Å². The molecular formula is C72H49N3. The molecule has 0 amide bonds. The van der Waals surface area contributed by atoms with Crippen molar-refractivity contribution >= 4 is 60.7 Å². The maximum atomic E-state index is 2.39. The van der Waals surface area contributed by atoms with Gasteiger partial charge < -0.3 is 14.0 Å². The summed E-state index contributed by atoms with van der Waals surface area (Å²) in [4.78, 5) is 2.38. The summed E-state index contributed by atoms with van der Waals surface area (Å²) < 4.78 is 4.77. The van der Waals surface area contributed by atoms with Crippen LogP contribution < -0.4 is 4.90 Å². The van der Waals surface area contributed by atoms with Gasteiger partial charge in [0.15, 0.2) is 0 Å². The number of para-hydroxylation sites is 5. The molecule has 0 fully saturated rings. The van der Waals surface area contributed by atoms with Crippen LogP contribution >= 0.6 is 0 Å². The lowest BCUT2D eigenvalue weighted by molar-refractivity contribution is 1.18. The number of hydrogen-bond donors (Lipinski definition) is 0. The maximum absolute atomic E-state index is 2.39. The first kappa shape index (κ1) is 43.8. The van der Waals surface area contributed by atoms with Gasteiger partial charge in [-0.2, -0.15) is 0 Å². The minimum Gasteiger partial charge on any atom is -0.310 e. The molecule has 14 rings (SSSR count). The zero-order valence-electron chi connectivity index (χ0n) is 41.1. The molecule has 0 saturated carbocycles. The molecule has 12 aromatic carbocycles. The van der Waals surface area contributed by atoms with Gasteiger partial charge in [0.25, 0.3) is 0 Å². The first-order valence-corrected chi connectivity index (χ1v) is 25.7. The van der Waals surface area contributed by atoms with E-state index in [1.165, 1.54) is 77.0 Å². The fourth-order valence-corrected chi connectivity index (χ4v) is 11.3. The van der Waals surface area contributed by atoms with Crippen molar-refractivity contribution in [2.75, 3.05) is 4.90 Å². The summed E-state index contributed by atoms with van der Waals surface area (Å²) in [6.07, 6.45) is 0. The highest BCUT2D eigenvalue weighted by molar-refractivity contribution is 6.12. The molecule has 14 aromatic rings. The SMILES string of the molecule is c1ccc(-c2cc(-c3ccccc3)cc(N(c3ccccc3)c3ccc(-c4cc(-c5ccc6c(c5)c5ccccc5n6-c5ccccc5)cc(-c5ccc6c(c5)c5ccccc5n6-c5ccccc5)c4)cc3)c2)cc1. The van der Waals surface area contributed by atoms with E-state index < -0.39 is 0 Å². The summed E-state index contributed by atoms with van der Waals surface area (Å²) >= 11 is 0. The van der Waals surface area contributed by atoms with Crippen LogP contribution in [0.25, 0.3) is 111 Å². The van der Waals surface area contributed by atoms with Crippen LogP contribution in [0.15, 0.2) is 297 Å². The summed E-state index contributed by atoms with van der Waals surface area (Å²) in [5.74, 6) is 0. The second-order valence-corrected chi connectivity index (χ2v) is 19.4. The van der Waals surface area contributed by atoms with Crippen LogP contribution in [0.2, 0.25) is 0 Å². The largest absolute Gasteiger partial charge is 0.310 e. The molecular weight excluding hydrogens is 907 g/mol. The monoisotopic (exact) mass is 955 g/mol. The number of fused-ring (bicyclic) bond motifs is 6. The molecule has 75 heavy (non-hydrogen) atoms. The smallest absolute Gasteiger partial charge is 0.0541 e. The number of aromatic nitrogens is 2. The van der Waals surface area contributed by atoms with Crippen LogP contribution in [0, 0.1) is 0 Å². The Balaban J connectivity index is 0.934. The van der Waals surface area contributed by atoms with Crippen molar-refractivity contribution in [3.8, 4) is 67.0 Å². The summed E-state index contributed by atoms with van der Waals surface area (Å²) in [7, 11) is 0. The molecule has 352 valence electrons. The lowest BCUT2D eigenvalue weighted by Crippen LogP contribution is -2.10. The second-order valence-electron chi connectivity index (χ2n) is 19.4. The molecule has 0 radical (unpaired) electrons. The predicted octanol–water partition coefficient (Wildman–Crippen LogP) is 19.7. The topological polar surface area (TPSA) is 13.1 Å². The third-order valence-electron chi connectivity index (χ3n) is 14.8. The van der Waals surface area contributed by atoms with Crippen LogP contribution in [0.4, 0.5) is 17.1 Å². The van der Waals surface area contributed by atoms with Crippen molar-refractivity contribution in [3.63, 3.8) is 0 Å². The van der Waals surface area contributed by atoms with Crippen molar-refractivity contribution in [3.05, 3.63) is 297 Å². The number of anilines is 3. The number of benzene rings is 12. The molecule has 3 nitrogen and oxygen atoms in total. The number of hydrogen-bond acceptors (Lipinski definition) is 1. The van der Waals surface area contributed by atoms with E-state index in [9.17, 15) is 0 Å². The molecule has 0 spiro atoms. The van der Waals surface area contributed by atoms with E-state index in [1.54, 1.807) is 0 Å². The van der Waals surface area contributed by atoms with Crippen LogP contribution in [-0.2, 0) is 0 Å². The van der Waals surface area contributed by atoms with Crippen molar-refractivity contribution in [1.29, 1.82) is 0 Å². The van der Waals surface area contributed by atoms with Crippen molar-refractivity contribution in [2.45, 2.75) is 0 Å². The summed E-state index contributed by atoms with van der Waals surface area (Å²) in [5.41, 5.74) is 22.0. The molecule has 0 unspecified atom stereocenters. The van der Waals surface area contributed by atoms with Gasteiger partial charge >= 0.3 is 0 Å². The maximum Gasteiger partial charge on any atom is 0.0541 e. The highest BCUT2D eigenvalue weighted by Gasteiger charge is 2.19. The van der Waals surface area contributed by atoms with E-state index in [1.807, 2.05) is 0 Å².